The number of fused-ring (bicyclic) bond motifs is 6. The summed E-state index contributed by atoms with van der Waals surface area (Å²) < 4.78 is 0. The van der Waals surface area contributed by atoms with Gasteiger partial charge in [0.1, 0.15) is 0 Å². The van der Waals surface area contributed by atoms with E-state index in [1.165, 1.54) is 83.7 Å². The van der Waals surface area contributed by atoms with Gasteiger partial charge in [-0.15, -0.1) is 0 Å². The van der Waals surface area contributed by atoms with Crippen molar-refractivity contribution in [2.75, 3.05) is 4.90 Å². The fourth-order valence-corrected chi connectivity index (χ4v) is 9.71. The van der Waals surface area contributed by atoms with Gasteiger partial charge in [-0.25, -0.2) is 0 Å². The highest BCUT2D eigenvalue weighted by Crippen LogP contribution is 2.53. The normalized spacial score (nSPS) is 15.3. The van der Waals surface area contributed by atoms with Crippen molar-refractivity contribution in [1.29, 1.82) is 0 Å². The Morgan fingerprint density at radius 1 is 0.364 bits per heavy atom. The first-order valence-electron chi connectivity index (χ1n) is 20.3. The Bertz CT molecular complexity index is 2320. The van der Waals surface area contributed by atoms with Gasteiger partial charge in [-0.3, -0.25) is 0 Å². The molecule has 0 radical (unpaired) electrons. The molecule has 0 spiro atoms. The summed E-state index contributed by atoms with van der Waals surface area (Å²) in [7, 11) is 0. The Morgan fingerprint density at radius 2 is 0.745 bits per heavy atom. The van der Waals surface area contributed by atoms with E-state index < -0.39 is 0 Å². The van der Waals surface area contributed by atoms with Gasteiger partial charge in [-0.1, -0.05) is 175 Å². The van der Waals surface area contributed by atoms with Crippen LogP contribution in [0.3, 0.4) is 0 Å². The molecule has 8 rings (SSSR count). The zero-order chi connectivity index (χ0) is 39.5. The van der Waals surface area contributed by atoms with Crippen LogP contribution in [0.1, 0.15) is 129 Å². The summed E-state index contributed by atoms with van der Waals surface area (Å²) in [5, 5.41) is 0. The molecule has 0 aliphatic heterocycles. The Balaban J connectivity index is 1.29. The molecule has 0 atom stereocenters. The molecule has 1 heteroatoms. The monoisotopic (exact) mass is 721 g/mol. The van der Waals surface area contributed by atoms with Gasteiger partial charge in [-0.05, 0) is 125 Å². The van der Waals surface area contributed by atoms with Crippen molar-refractivity contribution in [3.63, 3.8) is 0 Å². The largest absolute Gasteiger partial charge is 0.310 e. The van der Waals surface area contributed by atoms with Gasteiger partial charge >= 0.3 is 0 Å². The first-order chi connectivity index (χ1) is 25.7. The fourth-order valence-electron chi connectivity index (χ4n) is 9.71. The highest BCUT2D eigenvalue weighted by Gasteiger charge is 2.38. The van der Waals surface area contributed by atoms with Gasteiger partial charge < -0.3 is 4.90 Å². The molecular weight excluding hydrogens is 663 g/mol. The molecule has 0 saturated carbocycles. The van der Waals surface area contributed by atoms with Crippen molar-refractivity contribution in [2.45, 2.75) is 117 Å². The summed E-state index contributed by atoms with van der Waals surface area (Å²) in [6, 6.07) is 46.4. The molecule has 0 saturated heterocycles. The smallest absolute Gasteiger partial charge is 0.0465 e. The summed E-state index contributed by atoms with van der Waals surface area (Å²) in [6.45, 7) is 30.8. The topological polar surface area (TPSA) is 3.24 Å². The van der Waals surface area contributed by atoms with Crippen LogP contribution >= 0.6 is 0 Å². The average molecular weight is 722 g/mol. The highest BCUT2D eigenvalue weighted by atomic mass is 15.1. The maximum atomic E-state index is 2.48. The van der Waals surface area contributed by atoms with Crippen LogP contribution in [-0.2, 0) is 27.1 Å². The van der Waals surface area contributed by atoms with E-state index in [1.54, 1.807) is 0 Å². The second-order valence-corrected chi connectivity index (χ2v) is 20.4. The standard InChI is InChI=1S/C54H59N/c1-50(2,3)47-30-35(31-48(51(4,5)6)49(47)52(7,8)9)34-22-24-36(25-23-34)55(37-26-28-41-39-18-14-16-20-43(39)53(10,11)45(41)32-37)38-27-29-42-40-19-15-17-21-44(40)54(12,13)46(42)33-38/h14-33H,1-13H3. The van der Waals surface area contributed by atoms with E-state index in [-0.39, 0.29) is 27.1 Å². The second-order valence-electron chi connectivity index (χ2n) is 20.4. The maximum Gasteiger partial charge on any atom is 0.0465 e. The summed E-state index contributed by atoms with van der Waals surface area (Å²) in [4.78, 5) is 2.48. The molecule has 2 aliphatic carbocycles. The lowest BCUT2D eigenvalue weighted by Crippen LogP contribution is -2.28. The Kier molecular flexibility index (Phi) is 8.30. The van der Waals surface area contributed by atoms with E-state index in [9.17, 15) is 0 Å². The van der Waals surface area contributed by atoms with Crippen LogP contribution < -0.4 is 4.90 Å². The predicted octanol–water partition coefficient (Wildman–Crippen LogP) is 15.3. The Morgan fingerprint density at radius 3 is 1.15 bits per heavy atom. The molecule has 1 nitrogen and oxygen atoms in total. The van der Waals surface area contributed by atoms with E-state index in [2.05, 4.69) is 216 Å². The number of hydrogen-bond acceptors (Lipinski definition) is 1. The van der Waals surface area contributed by atoms with Crippen LogP contribution in [0.5, 0.6) is 0 Å². The molecular formula is C54H59N. The predicted molar refractivity (Wildman–Crippen MR) is 238 cm³/mol. The quantitative estimate of drug-likeness (QED) is 0.175. The molecule has 0 N–H and O–H groups in total. The third-order valence-electron chi connectivity index (χ3n) is 12.6. The first-order valence-corrected chi connectivity index (χ1v) is 20.3. The van der Waals surface area contributed by atoms with Crippen LogP contribution in [0.2, 0.25) is 0 Å². The van der Waals surface area contributed by atoms with Crippen LogP contribution in [0, 0.1) is 0 Å². The van der Waals surface area contributed by atoms with E-state index in [4.69, 9.17) is 0 Å². The molecule has 0 bridgehead atoms. The molecule has 0 unspecified atom stereocenters. The average Bonchev–Trinajstić information content (AvgIpc) is 3.49. The molecule has 280 valence electrons. The lowest BCUT2D eigenvalue weighted by Gasteiger charge is -2.37. The highest BCUT2D eigenvalue weighted by molar-refractivity contribution is 5.88. The lowest BCUT2D eigenvalue weighted by atomic mass is 9.68. The molecule has 0 fully saturated rings. The van der Waals surface area contributed by atoms with Crippen molar-refractivity contribution in [1.82, 2.24) is 0 Å². The number of nitrogens with zero attached hydrogens (tertiary/aromatic N) is 1. The van der Waals surface area contributed by atoms with Gasteiger partial charge in [-0.2, -0.15) is 0 Å². The van der Waals surface area contributed by atoms with Gasteiger partial charge in [0.25, 0.3) is 0 Å². The fraction of sp³-hybridized carbons (Fsp3) is 0.333. The van der Waals surface area contributed by atoms with Crippen molar-refractivity contribution in [3.05, 3.63) is 160 Å². The van der Waals surface area contributed by atoms with Gasteiger partial charge in [0.2, 0.25) is 0 Å². The lowest BCUT2D eigenvalue weighted by molar-refractivity contribution is 0.498. The molecule has 6 aromatic rings. The maximum absolute atomic E-state index is 2.48. The second kappa shape index (κ2) is 12.3. The number of rotatable bonds is 4. The van der Waals surface area contributed by atoms with Crippen LogP contribution in [0.4, 0.5) is 17.1 Å². The summed E-state index contributed by atoms with van der Waals surface area (Å²) in [5.41, 5.74) is 21.2. The van der Waals surface area contributed by atoms with Crippen molar-refractivity contribution >= 4 is 17.1 Å². The summed E-state index contributed by atoms with van der Waals surface area (Å²) >= 11 is 0. The van der Waals surface area contributed by atoms with Crippen molar-refractivity contribution in [3.8, 4) is 33.4 Å². The molecule has 2 aliphatic rings. The minimum atomic E-state index is -0.0895. The number of anilines is 3. The van der Waals surface area contributed by atoms with E-state index in [1.807, 2.05) is 0 Å². The summed E-state index contributed by atoms with van der Waals surface area (Å²) in [6.07, 6.45) is 0. The third kappa shape index (κ3) is 5.97. The zero-order valence-corrected chi connectivity index (χ0v) is 35.5. The van der Waals surface area contributed by atoms with E-state index >= 15 is 0 Å². The van der Waals surface area contributed by atoms with Crippen molar-refractivity contribution < 1.29 is 0 Å². The van der Waals surface area contributed by atoms with Gasteiger partial charge in [0, 0.05) is 27.9 Å². The summed E-state index contributed by atoms with van der Waals surface area (Å²) in [5.74, 6) is 0. The Labute approximate surface area is 331 Å². The minimum Gasteiger partial charge on any atom is -0.310 e. The van der Waals surface area contributed by atoms with Crippen LogP contribution in [0.15, 0.2) is 121 Å². The van der Waals surface area contributed by atoms with Gasteiger partial charge in [0.15, 0.2) is 0 Å². The van der Waals surface area contributed by atoms with E-state index in [0.717, 1.165) is 5.69 Å². The van der Waals surface area contributed by atoms with E-state index in [0.29, 0.717) is 0 Å². The third-order valence-corrected chi connectivity index (χ3v) is 12.6. The SMILES string of the molecule is CC(C)(C)c1cc(-c2ccc(N(c3ccc4c(c3)C(C)(C)c3ccccc3-4)c3ccc4c(c3)C(C)(C)c3ccccc3-4)cc2)cc(C(C)(C)C)c1C(C)(C)C. The van der Waals surface area contributed by atoms with Crippen molar-refractivity contribution in [2.24, 2.45) is 0 Å². The number of hydrogen-bond donors (Lipinski definition) is 0. The number of benzene rings is 6. The van der Waals surface area contributed by atoms with Crippen LogP contribution in [-0.4, -0.2) is 0 Å². The van der Waals surface area contributed by atoms with Gasteiger partial charge in [0.05, 0.1) is 0 Å². The first kappa shape index (κ1) is 37.1. The molecule has 55 heavy (non-hydrogen) atoms. The molecule has 0 amide bonds. The molecule has 6 aromatic carbocycles. The molecule has 0 aromatic heterocycles. The zero-order valence-electron chi connectivity index (χ0n) is 35.5. The minimum absolute atomic E-state index is 0.0113. The molecule has 0 heterocycles. The Hall–Kier alpha value is -4.88. The van der Waals surface area contributed by atoms with Crippen LogP contribution in [0.25, 0.3) is 33.4 Å².